The number of phenols is 1. The highest BCUT2D eigenvalue weighted by Crippen LogP contribution is 2.60. The van der Waals surface area contributed by atoms with Crippen LogP contribution >= 0.6 is 15.1 Å². The van der Waals surface area contributed by atoms with Gasteiger partial charge in [-0.25, -0.2) is 0 Å². The van der Waals surface area contributed by atoms with Crippen LogP contribution in [-0.4, -0.2) is 50.4 Å². The van der Waals surface area contributed by atoms with Gasteiger partial charge in [-0.05, 0) is 6.07 Å². The van der Waals surface area contributed by atoms with Crippen LogP contribution in [0, 0.1) is 0 Å². The second-order valence-electron chi connectivity index (χ2n) is 4.26. The highest BCUT2D eigenvalue weighted by Gasteiger charge is 2.53. The molecular weight excluding hydrogens is 282 g/mol. The third-order valence-corrected chi connectivity index (χ3v) is 7.59. The molecule has 104 valence electrons. The minimum absolute atomic E-state index is 0.0817. The number of hydrogen-bond donors (Lipinski definition) is 2. The van der Waals surface area contributed by atoms with E-state index in [0.29, 0.717) is 11.3 Å². The van der Waals surface area contributed by atoms with Crippen LogP contribution in [0.3, 0.4) is 0 Å². The van der Waals surface area contributed by atoms with Crippen molar-refractivity contribution in [2.75, 3.05) is 27.5 Å². The van der Waals surface area contributed by atoms with Gasteiger partial charge in [0.2, 0.25) is 0 Å². The summed E-state index contributed by atoms with van der Waals surface area (Å²) < 4.78 is 10.3. The van der Waals surface area contributed by atoms with Crippen LogP contribution in [-0.2, 0) is 5.08 Å². The molecular formula is C13H20O4P2+2. The lowest BCUT2D eigenvalue weighted by Gasteiger charge is -2.17. The summed E-state index contributed by atoms with van der Waals surface area (Å²) in [6.45, 7) is 3.70. The Morgan fingerprint density at radius 1 is 1.11 bits per heavy atom. The molecule has 2 N–H and O–H groups in total. The average molecular weight is 302 g/mol. The van der Waals surface area contributed by atoms with Gasteiger partial charge in [0.15, 0.2) is 26.6 Å². The van der Waals surface area contributed by atoms with E-state index in [0.717, 1.165) is 0 Å². The zero-order chi connectivity index (χ0) is 14.8. The standard InChI is InChI=1S/C13H19O4P2/c1-16-9-7-10(12(14)11(8-9)17-2)13(15,18(3)4)19(5)6/h7-8,15H,3,5H2,1-2,4,6H3/q+1/p+1. The van der Waals surface area contributed by atoms with Gasteiger partial charge in [0.05, 0.1) is 26.8 Å². The first-order valence-corrected chi connectivity index (χ1v) is 9.50. The van der Waals surface area contributed by atoms with Crippen molar-refractivity contribution in [3.05, 3.63) is 17.7 Å². The van der Waals surface area contributed by atoms with Crippen molar-refractivity contribution < 1.29 is 19.7 Å². The molecule has 0 aliphatic carbocycles. The first-order chi connectivity index (χ1) is 8.78. The summed E-state index contributed by atoms with van der Waals surface area (Å²) in [5, 5.41) is 19.9. The van der Waals surface area contributed by atoms with Crippen molar-refractivity contribution in [3.8, 4) is 17.2 Å². The summed E-state index contributed by atoms with van der Waals surface area (Å²) in [5.41, 5.74) is 0.371. The van der Waals surface area contributed by atoms with Crippen LogP contribution < -0.4 is 9.47 Å². The van der Waals surface area contributed by atoms with Crippen LogP contribution in [0.2, 0.25) is 0 Å². The maximum Gasteiger partial charge on any atom is 0.399 e. The molecule has 0 fully saturated rings. The number of ether oxygens (including phenoxy) is 2. The second-order valence-corrected chi connectivity index (χ2v) is 8.70. The number of methoxy groups -OCH3 is 2. The molecule has 0 aromatic heterocycles. The Kier molecular flexibility index (Phi) is 4.98. The minimum atomic E-state index is -1.24. The molecule has 1 aromatic rings. The summed E-state index contributed by atoms with van der Waals surface area (Å²) >= 11 is 0. The maximum absolute atomic E-state index is 10.9. The molecule has 0 saturated carbocycles. The molecule has 2 unspecified atom stereocenters. The topological polar surface area (TPSA) is 58.9 Å². The quantitative estimate of drug-likeness (QED) is 0.821. The lowest BCUT2D eigenvalue weighted by molar-refractivity contribution is 0.219. The largest absolute Gasteiger partial charge is 0.504 e. The molecule has 0 amide bonds. The van der Waals surface area contributed by atoms with E-state index in [2.05, 4.69) is 12.6 Å². The smallest absolute Gasteiger partial charge is 0.399 e. The molecule has 1 aromatic carbocycles. The molecule has 0 radical (unpaired) electrons. The van der Waals surface area contributed by atoms with E-state index in [4.69, 9.17) is 9.47 Å². The third kappa shape index (κ3) is 2.76. The van der Waals surface area contributed by atoms with Gasteiger partial charge in [-0.2, -0.15) is 0 Å². The van der Waals surface area contributed by atoms with Gasteiger partial charge < -0.3 is 19.7 Å². The summed E-state index contributed by atoms with van der Waals surface area (Å²) in [4.78, 5) is 0. The van der Waals surface area contributed by atoms with Crippen molar-refractivity contribution in [1.29, 1.82) is 0 Å². The zero-order valence-corrected chi connectivity index (χ0v) is 13.5. The monoisotopic (exact) mass is 302 g/mol. The lowest BCUT2D eigenvalue weighted by Crippen LogP contribution is -2.17. The number of benzene rings is 1. The molecule has 0 bridgehead atoms. The molecule has 0 spiro atoms. The number of phenolic OH excluding ortho intramolecular Hbond substituents is 1. The average Bonchev–Trinajstić information content (AvgIpc) is 2.37. The van der Waals surface area contributed by atoms with Gasteiger partial charge >= 0.3 is 5.08 Å². The third-order valence-electron chi connectivity index (χ3n) is 2.93. The fourth-order valence-corrected chi connectivity index (χ4v) is 5.31. The summed E-state index contributed by atoms with van der Waals surface area (Å²) in [7, 11) is 0.950. The van der Waals surface area contributed by atoms with E-state index in [1.165, 1.54) is 14.2 Å². The lowest BCUT2D eigenvalue weighted by atomic mass is 10.1. The Balaban J connectivity index is 3.64. The van der Waals surface area contributed by atoms with E-state index in [9.17, 15) is 10.2 Å². The number of aromatic hydroxyl groups is 1. The molecule has 6 heteroatoms. The van der Waals surface area contributed by atoms with Crippen LogP contribution in [0.5, 0.6) is 17.2 Å². The summed E-state index contributed by atoms with van der Waals surface area (Å²) in [6, 6.07) is 3.19. The van der Waals surface area contributed by atoms with Gasteiger partial charge in [0, 0.05) is 6.07 Å². The van der Waals surface area contributed by atoms with Gasteiger partial charge in [-0.15, -0.1) is 0 Å². The van der Waals surface area contributed by atoms with Gasteiger partial charge in [0.25, 0.3) is 0 Å². The number of aliphatic hydroxyl groups is 1. The SMILES string of the molecule is C=[P+](C)C(O)(c1cc(OC)cc(OC)c1O)[P+](=C)C. The van der Waals surface area contributed by atoms with Gasteiger partial charge in [-0.1, -0.05) is 0 Å². The van der Waals surface area contributed by atoms with Gasteiger partial charge in [-0.3, -0.25) is 0 Å². The Labute approximate surface area is 115 Å². The highest BCUT2D eigenvalue weighted by molar-refractivity contribution is 7.73. The first-order valence-electron chi connectivity index (χ1n) is 5.55. The molecule has 2 atom stereocenters. The van der Waals surface area contributed by atoms with Crippen LogP contribution in [0.1, 0.15) is 5.56 Å². The van der Waals surface area contributed by atoms with E-state index in [-0.39, 0.29) is 11.5 Å². The molecule has 1 rings (SSSR count). The van der Waals surface area contributed by atoms with Crippen molar-refractivity contribution in [1.82, 2.24) is 0 Å². The molecule has 4 nitrogen and oxygen atoms in total. The summed E-state index contributed by atoms with van der Waals surface area (Å²) in [6.07, 6.45) is 7.92. The van der Waals surface area contributed by atoms with E-state index in [1.807, 2.05) is 13.3 Å². The fourth-order valence-electron chi connectivity index (χ4n) is 1.81. The molecule has 0 saturated heterocycles. The number of rotatable bonds is 5. The Bertz CT molecular complexity index is 512. The van der Waals surface area contributed by atoms with E-state index in [1.54, 1.807) is 12.1 Å². The Hall–Kier alpha value is -1.08. The molecule has 0 aliphatic heterocycles. The van der Waals surface area contributed by atoms with Crippen molar-refractivity contribution in [2.45, 2.75) is 5.08 Å². The molecule has 0 heterocycles. The fraction of sp³-hybridized carbons (Fsp3) is 0.385. The normalized spacial score (nSPS) is 15.4. The second kappa shape index (κ2) is 5.92. The number of hydrogen-bond acceptors (Lipinski definition) is 4. The predicted octanol–water partition coefficient (Wildman–Crippen LogP) is 2.60. The maximum atomic E-state index is 10.9. The van der Waals surface area contributed by atoms with Crippen molar-refractivity contribution in [2.24, 2.45) is 0 Å². The molecule has 19 heavy (non-hydrogen) atoms. The van der Waals surface area contributed by atoms with Crippen LogP contribution in [0.4, 0.5) is 0 Å². The summed E-state index contributed by atoms with van der Waals surface area (Å²) in [5.74, 6) is 0.694. The Morgan fingerprint density at radius 3 is 2.00 bits per heavy atom. The van der Waals surface area contributed by atoms with E-state index >= 15 is 0 Å². The predicted molar refractivity (Wildman–Crippen MR) is 85.0 cm³/mol. The Morgan fingerprint density at radius 2 is 1.63 bits per heavy atom. The van der Waals surface area contributed by atoms with Crippen LogP contribution in [0.25, 0.3) is 0 Å². The first kappa shape index (κ1) is 16.0. The van der Waals surface area contributed by atoms with Crippen molar-refractivity contribution in [3.63, 3.8) is 0 Å². The van der Waals surface area contributed by atoms with Gasteiger partial charge in [0.1, 0.15) is 24.6 Å². The molecule has 0 aliphatic rings. The van der Waals surface area contributed by atoms with Crippen LogP contribution in [0.15, 0.2) is 12.1 Å². The minimum Gasteiger partial charge on any atom is -0.504 e. The zero-order valence-electron chi connectivity index (χ0n) is 11.7. The van der Waals surface area contributed by atoms with Crippen molar-refractivity contribution >= 4 is 27.7 Å². The highest BCUT2D eigenvalue weighted by atomic mass is 31.2. The van der Waals surface area contributed by atoms with E-state index < -0.39 is 20.2 Å².